The van der Waals surface area contributed by atoms with Crippen molar-refractivity contribution < 1.29 is 4.79 Å². The van der Waals surface area contributed by atoms with E-state index in [0.29, 0.717) is 15.9 Å². The van der Waals surface area contributed by atoms with Crippen LogP contribution in [0.2, 0.25) is 10.0 Å². The van der Waals surface area contributed by atoms with Gasteiger partial charge in [0.25, 0.3) is 5.56 Å². The van der Waals surface area contributed by atoms with Gasteiger partial charge in [-0.2, -0.15) is 0 Å². The van der Waals surface area contributed by atoms with Crippen LogP contribution in [0.15, 0.2) is 46.1 Å². The standard InChI is InChI=1S/C18H12Cl2N4O2S2/c19-11-4-9(5-12(20)16(11)21)23-14(25)6-24-8-22-17-15(18(24)26)10(7-28-17)13-2-1-3-27-13/h1-5,7-8H,6,21H2,(H,23,25). The summed E-state index contributed by atoms with van der Waals surface area (Å²) in [5, 5.41) is 7.51. The minimum atomic E-state index is -0.409. The molecule has 28 heavy (non-hydrogen) atoms. The van der Waals surface area contributed by atoms with Crippen LogP contribution < -0.4 is 16.6 Å². The molecule has 0 aliphatic rings. The van der Waals surface area contributed by atoms with Crippen molar-refractivity contribution in [3.05, 3.63) is 61.8 Å². The van der Waals surface area contributed by atoms with Gasteiger partial charge in [-0.15, -0.1) is 22.7 Å². The predicted molar refractivity (Wildman–Crippen MR) is 117 cm³/mol. The molecule has 4 rings (SSSR count). The highest BCUT2D eigenvalue weighted by atomic mass is 35.5. The van der Waals surface area contributed by atoms with Crippen molar-refractivity contribution in [2.45, 2.75) is 6.54 Å². The summed E-state index contributed by atoms with van der Waals surface area (Å²) in [5.74, 6) is -0.409. The highest BCUT2D eigenvalue weighted by Gasteiger charge is 2.15. The predicted octanol–water partition coefficient (Wildman–Crippen LogP) is 4.71. The number of benzene rings is 1. The second kappa shape index (κ2) is 7.56. The number of nitrogens with zero attached hydrogens (tertiary/aromatic N) is 2. The van der Waals surface area contributed by atoms with Crippen LogP contribution in [0.1, 0.15) is 0 Å². The maximum absolute atomic E-state index is 12.9. The van der Waals surface area contributed by atoms with Crippen molar-refractivity contribution in [3.63, 3.8) is 0 Å². The minimum absolute atomic E-state index is 0.193. The Hall–Kier alpha value is -2.39. The lowest BCUT2D eigenvalue weighted by atomic mass is 10.2. The van der Waals surface area contributed by atoms with E-state index in [2.05, 4.69) is 10.3 Å². The van der Waals surface area contributed by atoms with E-state index >= 15 is 0 Å². The summed E-state index contributed by atoms with van der Waals surface area (Å²) < 4.78 is 1.28. The monoisotopic (exact) mass is 450 g/mol. The quantitative estimate of drug-likeness (QED) is 0.440. The van der Waals surface area contributed by atoms with Crippen LogP contribution in [-0.4, -0.2) is 15.5 Å². The molecule has 3 aromatic heterocycles. The van der Waals surface area contributed by atoms with Crippen molar-refractivity contribution in [2.24, 2.45) is 0 Å². The number of amides is 1. The highest BCUT2D eigenvalue weighted by molar-refractivity contribution is 7.18. The Morgan fingerprint density at radius 3 is 2.68 bits per heavy atom. The van der Waals surface area contributed by atoms with Crippen LogP contribution in [0.4, 0.5) is 11.4 Å². The molecule has 0 bridgehead atoms. The molecule has 1 amide bonds. The Bertz CT molecular complexity index is 1230. The van der Waals surface area contributed by atoms with Gasteiger partial charge in [-0.05, 0) is 23.6 Å². The number of carbonyl (C=O) groups is 1. The number of nitrogens with one attached hydrogen (secondary N) is 1. The highest BCUT2D eigenvalue weighted by Crippen LogP contribution is 2.33. The molecule has 0 saturated carbocycles. The van der Waals surface area contributed by atoms with Crippen molar-refractivity contribution >= 4 is 73.4 Å². The molecule has 0 aliphatic heterocycles. The normalized spacial score (nSPS) is 11.1. The Balaban J connectivity index is 1.63. The van der Waals surface area contributed by atoms with E-state index < -0.39 is 5.91 Å². The molecule has 0 fully saturated rings. The fourth-order valence-electron chi connectivity index (χ4n) is 2.71. The molecule has 0 aliphatic carbocycles. The fraction of sp³-hybridized carbons (Fsp3) is 0.0556. The van der Waals surface area contributed by atoms with Gasteiger partial charge in [-0.25, -0.2) is 4.98 Å². The molecule has 4 aromatic rings. The van der Waals surface area contributed by atoms with Gasteiger partial charge >= 0.3 is 0 Å². The van der Waals surface area contributed by atoms with Gasteiger partial charge in [0.2, 0.25) is 5.91 Å². The molecule has 0 spiro atoms. The molecule has 0 atom stereocenters. The van der Waals surface area contributed by atoms with Gasteiger partial charge < -0.3 is 11.1 Å². The van der Waals surface area contributed by atoms with Crippen LogP contribution in [0, 0.1) is 0 Å². The third-order valence-electron chi connectivity index (χ3n) is 4.02. The maximum Gasteiger partial charge on any atom is 0.263 e. The molecule has 0 saturated heterocycles. The lowest BCUT2D eigenvalue weighted by Crippen LogP contribution is -2.27. The molecule has 10 heteroatoms. The Morgan fingerprint density at radius 1 is 1.25 bits per heavy atom. The summed E-state index contributed by atoms with van der Waals surface area (Å²) in [6.07, 6.45) is 1.38. The van der Waals surface area contributed by atoms with Crippen LogP contribution in [0.3, 0.4) is 0 Å². The summed E-state index contributed by atoms with van der Waals surface area (Å²) in [6, 6.07) is 6.87. The summed E-state index contributed by atoms with van der Waals surface area (Å²) in [4.78, 5) is 31.3. The zero-order valence-corrected chi connectivity index (χ0v) is 17.3. The molecular formula is C18H12Cl2N4O2S2. The average molecular weight is 451 g/mol. The summed E-state index contributed by atoms with van der Waals surface area (Å²) in [6.45, 7) is -0.193. The number of anilines is 2. The second-order valence-corrected chi connectivity index (χ2v) is 8.51. The number of thiophene rings is 2. The number of rotatable bonds is 4. The molecule has 0 unspecified atom stereocenters. The van der Waals surface area contributed by atoms with Gasteiger partial charge in [0.1, 0.15) is 11.4 Å². The topological polar surface area (TPSA) is 90.0 Å². The summed E-state index contributed by atoms with van der Waals surface area (Å²) in [5.41, 5.74) is 6.90. The first-order valence-electron chi connectivity index (χ1n) is 7.99. The molecular weight excluding hydrogens is 439 g/mol. The Morgan fingerprint density at radius 2 is 2.00 bits per heavy atom. The summed E-state index contributed by atoms with van der Waals surface area (Å²) >= 11 is 14.9. The first-order valence-corrected chi connectivity index (χ1v) is 10.5. The van der Waals surface area contributed by atoms with Crippen LogP contribution >= 0.6 is 45.9 Å². The van der Waals surface area contributed by atoms with Gasteiger partial charge in [-0.3, -0.25) is 14.2 Å². The summed E-state index contributed by atoms with van der Waals surface area (Å²) in [7, 11) is 0. The number of fused-ring (bicyclic) bond motifs is 1. The number of hydrogen-bond donors (Lipinski definition) is 2. The van der Waals surface area contributed by atoms with Gasteiger partial charge in [0.05, 0.1) is 27.4 Å². The Kier molecular flexibility index (Phi) is 5.11. The van der Waals surface area contributed by atoms with Crippen LogP contribution in [-0.2, 0) is 11.3 Å². The third kappa shape index (κ3) is 3.51. The molecule has 1 aromatic carbocycles. The van der Waals surface area contributed by atoms with Crippen LogP contribution in [0.5, 0.6) is 0 Å². The van der Waals surface area contributed by atoms with Crippen molar-refractivity contribution in [3.8, 4) is 10.4 Å². The SMILES string of the molecule is Nc1c(Cl)cc(NC(=O)Cn2cnc3scc(-c4cccs4)c3c2=O)cc1Cl. The molecule has 142 valence electrons. The lowest BCUT2D eigenvalue weighted by Gasteiger charge is -2.10. The van der Waals surface area contributed by atoms with Crippen molar-refractivity contribution in [1.29, 1.82) is 0 Å². The minimum Gasteiger partial charge on any atom is -0.396 e. The first kappa shape index (κ1) is 18.9. The number of halogens is 2. The molecule has 3 heterocycles. The van der Waals surface area contributed by atoms with E-state index in [1.54, 1.807) is 11.3 Å². The largest absolute Gasteiger partial charge is 0.396 e. The number of nitrogen functional groups attached to an aromatic ring is 1. The second-order valence-electron chi connectivity index (χ2n) is 5.89. The maximum atomic E-state index is 12.9. The van der Waals surface area contributed by atoms with Gasteiger partial charge in [0.15, 0.2) is 0 Å². The van der Waals surface area contributed by atoms with Gasteiger partial charge in [-0.1, -0.05) is 29.3 Å². The average Bonchev–Trinajstić information content (AvgIpc) is 3.31. The van der Waals surface area contributed by atoms with E-state index in [-0.39, 0.29) is 27.8 Å². The molecule has 3 N–H and O–H groups in total. The third-order valence-corrected chi connectivity index (χ3v) is 6.44. The molecule has 0 radical (unpaired) electrons. The first-order chi connectivity index (χ1) is 13.4. The Labute approximate surface area is 177 Å². The van der Waals surface area contributed by atoms with E-state index in [9.17, 15) is 9.59 Å². The van der Waals surface area contributed by atoms with Gasteiger partial charge in [0, 0.05) is 21.5 Å². The van der Waals surface area contributed by atoms with E-state index in [4.69, 9.17) is 28.9 Å². The van der Waals surface area contributed by atoms with Crippen LogP contribution in [0.25, 0.3) is 20.7 Å². The number of nitrogens with two attached hydrogens (primary N) is 1. The van der Waals surface area contributed by atoms with Crippen molar-refractivity contribution in [1.82, 2.24) is 9.55 Å². The zero-order valence-electron chi connectivity index (χ0n) is 14.1. The zero-order chi connectivity index (χ0) is 19.8. The van der Waals surface area contributed by atoms with Crippen molar-refractivity contribution in [2.75, 3.05) is 11.1 Å². The number of aromatic nitrogens is 2. The number of hydrogen-bond acceptors (Lipinski definition) is 6. The van der Waals surface area contributed by atoms with E-state index in [1.807, 2.05) is 22.9 Å². The van der Waals surface area contributed by atoms with E-state index in [1.165, 1.54) is 34.4 Å². The molecule has 6 nitrogen and oxygen atoms in total. The fourth-order valence-corrected chi connectivity index (χ4v) is 4.91. The number of carbonyl (C=O) groups excluding carboxylic acids is 1. The lowest BCUT2D eigenvalue weighted by molar-refractivity contribution is -0.116. The van der Waals surface area contributed by atoms with E-state index in [0.717, 1.165) is 10.4 Å². The smallest absolute Gasteiger partial charge is 0.263 e.